The fraction of sp³-hybridized carbons (Fsp3) is 0.857. The Hall–Kier alpha value is -1.10. The number of hydrogen-bond acceptors (Lipinski definition) is 3. The van der Waals surface area contributed by atoms with E-state index < -0.39 is 6.04 Å². The summed E-state index contributed by atoms with van der Waals surface area (Å²) in [7, 11) is 0. The first-order valence-corrected chi connectivity index (χ1v) is 7.06. The molecule has 0 saturated carbocycles. The SMILES string of the molecule is CC(C)C[C@H](CN)CC(=O)NC(C)C(=O)NC(C)C. The highest BCUT2D eigenvalue weighted by molar-refractivity contribution is 5.87. The van der Waals surface area contributed by atoms with Gasteiger partial charge in [-0.3, -0.25) is 9.59 Å². The smallest absolute Gasteiger partial charge is 0.242 e. The van der Waals surface area contributed by atoms with Gasteiger partial charge in [0.05, 0.1) is 0 Å². The number of nitrogens with one attached hydrogen (secondary N) is 2. The summed E-state index contributed by atoms with van der Waals surface area (Å²) in [6.45, 7) is 10.2. The monoisotopic (exact) mass is 271 g/mol. The largest absolute Gasteiger partial charge is 0.352 e. The lowest BCUT2D eigenvalue weighted by molar-refractivity contribution is -0.129. The van der Waals surface area contributed by atoms with Crippen LogP contribution in [-0.2, 0) is 9.59 Å². The third kappa shape index (κ3) is 8.59. The molecule has 0 aromatic heterocycles. The van der Waals surface area contributed by atoms with Gasteiger partial charge in [-0.1, -0.05) is 13.8 Å². The second-order valence-corrected chi connectivity index (χ2v) is 5.89. The third-order valence-electron chi connectivity index (χ3n) is 2.81. The van der Waals surface area contributed by atoms with Crippen molar-refractivity contribution in [2.45, 2.75) is 59.5 Å². The molecule has 0 aliphatic carbocycles. The van der Waals surface area contributed by atoms with E-state index in [1.54, 1.807) is 6.92 Å². The fourth-order valence-electron chi connectivity index (χ4n) is 1.97. The van der Waals surface area contributed by atoms with Gasteiger partial charge < -0.3 is 16.4 Å². The molecule has 0 aliphatic rings. The molecule has 0 bridgehead atoms. The van der Waals surface area contributed by atoms with E-state index in [2.05, 4.69) is 24.5 Å². The summed E-state index contributed by atoms with van der Waals surface area (Å²) < 4.78 is 0. The van der Waals surface area contributed by atoms with Crippen LogP contribution in [0.1, 0.15) is 47.5 Å². The molecule has 0 heterocycles. The maximum absolute atomic E-state index is 11.8. The number of carbonyl (C=O) groups excluding carboxylic acids is 2. The Morgan fingerprint density at radius 3 is 2.05 bits per heavy atom. The van der Waals surface area contributed by atoms with Gasteiger partial charge in [-0.05, 0) is 45.6 Å². The van der Waals surface area contributed by atoms with Crippen molar-refractivity contribution in [1.82, 2.24) is 10.6 Å². The Bertz CT molecular complexity index is 290. The number of carbonyl (C=O) groups is 2. The molecule has 0 saturated heterocycles. The second-order valence-electron chi connectivity index (χ2n) is 5.89. The van der Waals surface area contributed by atoms with Gasteiger partial charge in [-0.15, -0.1) is 0 Å². The van der Waals surface area contributed by atoms with Gasteiger partial charge in [0.25, 0.3) is 0 Å². The molecule has 0 aromatic carbocycles. The molecule has 0 rings (SSSR count). The molecule has 0 aromatic rings. The number of rotatable bonds is 8. The van der Waals surface area contributed by atoms with Crippen LogP contribution in [-0.4, -0.2) is 30.4 Å². The number of hydrogen-bond donors (Lipinski definition) is 3. The van der Waals surface area contributed by atoms with Crippen molar-refractivity contribution in [3.05, 3.63) is 0 Å². The van der Waals surface area contributed by atoms with E-state index in [1.165, 1.54) is 0 Å². The van der Waals surface area contributed by atoms with Gasteiger partial charge in [0, 0.05) is 12.5 Å². The number of amides is 2. The molecule has 2 amide bonds. The zero-order valence-corrected chi connectivity index (χ0v) is 12.8. The molecule has 4 N–H and O–H groups in total. The van der Waals surface area contributed by atoms with Crippen LogP contribution in [0.25, 0.3) is 0 Å². The topological polar surface area (TPSA) is 84.2 Å². The summed E-state index contributed by atoms with van der Waals surface area (Å²) in [6, 6.07) is -0.433. The van der Waals surface area contributed by atoms with Gasteiger partial charge in [0.2, 0.25) is 11.8 Å². The minimum atomic E-state index is -0.507. The summed E-state index contributed by atoms with van der Waals surface area (Å²) >= 11 is 0. The molecule has 0 fully saturated rings. The molecule has 0 aliphatic heterocycles. The minimum absolute atomic E-state index is 0.0737. The van der Waals surface area contributed by atoms with Crippen molar-refractivity contribution < 1.29 is 9.59 Å². The lowest BCUT2D eigenvalue weighted by Gasteiger charge is -2.19. The summed E-state index contributed by atoms with van der Waals surface area (Å²) in [4.78, 5) is 23.5. The van der Waals surface area contributed by atoms with Crippen molar-refractivity contribution in [3.8, 4) is 0 Å². The summed E-state index contributed by atoms with van der Waals surface area (Å²) in [5, 5.41) is 5.49. The molecular formula is C14H29N3O2. The summed E-state index contributed by atoms with van der Waals surface area (Å²) in [5.74, 6) is 0.433. The average molecular weight is 271 g/mol. The Kier molecular flexibility index (Phi) is 8.39. The van der Waals surface area contributed by atoms with Crippen LogP contribution in [0, 0.1) is 11.8 Å². The Morgan fingerprint density at radius 1 is 1.05 bits per heavy atom. The normalized spacial score (nSPS) is 14.3. The van der Waals surface area contributed by atoms with Crippen molar-refractivity contribution in [2.24, 2.45) is 17.6 Å². The van der Waals surface area contributed by atoms with E-state index >= 15 is 0 Å². The highest BCUT2D eigenvalue weighted by Crippen LogP contribution is 2.14. The van der Waals surface area contributed by atoms with Crippen molar-refractivity contribution in [1.29, 1.82) is 0 Å². The fourth-order valence-corrected chi connectivity index (χ4v) is 1.97. The molecule has 5 heteroatoms. The van der Waals surface area contributed by atoms with Crippen molar-refractivity contribution >= 4 is 11.8 Å². The second kappa shape index (κ2) is 8.91. The molecule has 19 heavy (non-hydrogen) atoms. The van der Waals surface area contributed by atoms with Crippen LogP contribution in [0.5, 0.6) is 0 Å². The van der Waals surface area contributed by atoms with Crippen molar-refractivity contribution in [2.75, 3.05) is 6.54 Å². The molecule has 0 spiro atoms. The van der Waals surface area contributed by atoms with E-state index in [9.17, 15) is 9.59 Å². The van der Waals surface area contributed by atoms with Gasteiger partial charge >= 0.3 is 0 Å². The first-order valence-electron chi connectivity index (χ1n) is 7.06. The van der Waals surface area contributed by atoms with Crippen LogP contribution in [0.15, 0.2) is 0 Å². The van der Waals surface area contributed by atoms with Gasteiger partial charge in [0.1, 0.15) is 6.04 Å². The lowest BCUT2D eigenvalue weighted by Crippen LogP contribution is -2.47. The predicted octanol–water partition coefficient (Wildman–Crippen LogP) is 1.03. The molecule has 2 atom stereocenters. The maximum atomic E-state index is 11.8. The first kappa shape index (κ1) is 17.9. The van der Waals surface area contributed by atoms with Crippen molar-refractivity contribution in [3.63, 3.8) is 0 Å². The molecule has 5 nitrogen and oxygen atoms in total. The van der Waals surface area contributed by atoms with Gasteiger partial charge in [-0.2, -0.15) is 0 Å². The first-order chi connectivity index (χ1) is 8.76. The number of nitrogens with two attached hydrogens (primary N) is 1. The predicted molar refractivity (Wildman–Crippen MR) is 77.5 cm³/mol. The molecule has 1 unspecified atom stereocenters. The van der Waals surface area contributed by atoms with Crippen LogP contribution >= 0.6 is 0 Å². The van der Waals surface area contributed by atoms with E-state index in [0.717, 1.165) is 6.42 Å². The Balaban J connectivity index is 4.18. The van der Waals surface area contributed by atoms with E-state index in [-0.39, 0.29) is 23.8 Å². The van der Waals surface area contributed by atoms with Gasteiger partial charge in [0.15, 0.2) is 0 Å². The molecule has 0 radical (unpaired) electrons. The van der Waals surface area contributed by atoms with E-state index in [1.807, 2.05) is 13.8 Å². The quantitative estimate of drug-likeness (QED) is 0.616. The average Bonchev–Trinajstić information content (AvgIpc) is 2.26. The minimum Gasteiger partial charge on any atom is -0.352 e. The van der Waals surface area contributed by atoms with Crippen LogP contribution in [0.3, 0.4) is 0 Å². The van der Waals surface area contributed by atoms with Crippen LogP contribution < -0.4 is 16.4 Å². The molecule has 112 valence electrons. The van der Waals surface area contributed by atoms with Gasteiger partial charge in [-0.25, -0.2) is 0 Å². The standard InChI is InChI=1S/C14H29N3O2/c1-9(2)6-12(8-15)7-13(18)17-11(5)14(19)16-10(3)4/h9-12H,6-8,15H2,1-5H3,(H,16,19)(H,17,18)/t11?,12-/m0/s1. The highest BCUT2D eigenvalue weighted by atomic mass is 16.2. The third-order valence-corrected chi connectivity index (χ3v) is 2.81. The zero-order valence-electron chi connectivity index (χ0n) is 12.8. The van der Waals surface area contributed by atoms with Crippen LogP contribution in [0.2, 0.25) is 0 Å². The van der Waals surface area contributed by atoms with E-state index in [0.29, 0.717) is 18.9 Å². The lowest BCUT2D eigenvalue weighted by atomic mass is 9.94. The van der Waals surface area contributed by atoms with E-state index in [4.69, 9.17) is 5.73 Å². The molecular weight excluding hydrogens is 242 g/mol. The highest BCUT2D eigenvalue weighted by Gasteiger charge is 2.19. The zero-order chi connectivity index (χ0) is 15.0. The Morgan fingerprint density at radius 2 is 1.63 bits per heavy atom. The summed E-state index contributed by atoms with van der Waals surface area (Å²) in [5.41, 5.74) is 5.67. The Labute approximate surface area is 116 Å². The van der Waals surface area contributed by atoms with Crippen LogP contribution in [0.4, 0.5) is 0 Å². The maximum Gasteiger partial charge on any atom is 0.242 e. The summed E-state index contributed by atoms with van der Waals surface area (Å²) in [6.07, 6.45) is 1.31.